The van der Waals surface area contributed by atoms with Gasteiger partial charge in [-0.2, -0.15) is 0 Å². The molecule has 0 spiro atoms. The molecule has 0 radical (unpaired) electrons. The summed E-state index contributed by atoms with van der Waals surface area (Å²) in [7, 11) is 0. The highest BCUT2D eigenvalue weighted by molar-refractivity contribution is 5.97. The highest BCUT2D eigenvalue weighted by Crippen LogP contribution is 2.20. The molecule has 7 nitrogen and oxygen atoms in total. The molecule has 0 bridgehead atoms. The first-order valence-corrected chi connectivity index (χ1v) is 8.45. The second kappa shape index (κ2) is 8.51. The number of hydrogen-bond acceptors (Lipinski definition) is 5. The Morgan fingerprint density at radius 1 is 1.04 bits per heavy atom. The second-order valence-electron chi connectivity index (χ2n) is 6.54. The number of halogens is 1. The van der Waals surface area contributed by atoms with Crippen LogP contribution in [-0.2, 0) is 14.3 Å². The third-order valence-corrected chi connectivity index (χ3v) is 3.77. The number of ether oxygens (including phenoxy) is 2. The number of amides is 2. The SMILES string of the molecule is CC(OC(=O)C(C)(C)Oc1ccc(F)cc1)C(=O)Nc1ccc(C(N)=O)cc1. The van der Waals surface area contributed by atoms with Gasteiger partial charge in [0.1, 0.15) is 11.6 Å². The number of carbonyl (C=O) groups excluding carboxylic acids is 3. The van der Waals surface area contributed by atoms with Gasteiger partial charge in [0.25, 0.3) is 5.91 Å². The lowest BCUT2D eigenvalue weighted by Gasteiger charge is -2.26. The molecule has 0 fully saturated rings. The standard InChI is InChI=1S/C20H21FN2O5/c1-12(18(25)23-15-8-4-13(5-9-15)17(22)24)27-19(26)20(2,3)28-16-10-6-14(21)7-11-16/h4-12H,1-3H3,(H2,22,24)(H,23,25). The summed E-state index contributed by atoms with van der Waals surface area (Å²) in [5, 5.41) is 2.57. The zero-order chi connectivity index (χ0) is 20.9. The minimum Gasteiger partial charge on any atom is -0.476 e. The van der Waals surface area contributed by atoms with Gasteiger partial charge in [-0.15, -0.1) is 0 Å². The van der Waals surface area contributed by atoms with Gasteiger partial charge in [-0.1, -0.05) is 0 Å². The highest BCUT2D eigenvalue weighted by atomic mass is 19.1. The van der Waals surface area contributed by atoms with Crippen LogP contribution in [0.5, 0.6) is 5.75 Å². The van der Waals surface area contributed by atoms with Crippen molar-refractivity contribution >= 4 is 23.5 Å². The molecule has 2 amide bonds. The van der Waals surface area contributed by atoms with E-state index in [9.17, 15) is 18.8 Å². The lowest BCUT2D eigenvalue weighted by Crippen LogP contribution is -2.43. The predicted molar refractivity (Wildman–Crippen MR) is 100 cm³/mol. The molecule has 0 saturated carbocycles. The highest BCUT2D eigenvalue weighted by Gasteiger charge is 2.34. The van der Waals surface area contributed by atoms with Crippen molar-refractivity contribution in [3.05, 3.63) is 59.9 Å². The van der Waals surface area contributed by atoms with Crippen LogP contribution in [0.4, 0.5) is 10.1 Å². The first-order chi connectivity index (χ1) is 13.1. The Balaban J connectivity index is 1.94. The van der Waals surface area contributed by atoms with E-state index in [1.54, 1.807) is 0 Å². The molecule has 148 valence electrons. The molecule has 3 N–H and O–H groups in total. The molecule has 0 saturated heterocycles. The summed E-state index contributed by atoms with van der Waals surface area (Å²) in [6.45, 7) is 4.37. The number of anilines is 1. The van der Waals surface area contributed by atoms with E-state index in [2.05, 4.69) is 5.32 Å². The predicted octanol–water partition coefficient (Wildman–Crippen LogP) is 2.65. The molecule has 2 rings (SSSR count). The quantitative estimate of drug-likeness (QED) is 0.709. The maximum Gasteiger partial charge on any atom is 0.350 e. The van der Waals surface area contributed by atoms with E-state index in [0.717, 1.165) is 0 Å². The molecule has 0 aliphatic heterocycles. The van der Waals surface area contributed by atoms with E-state index in [-0.39, 0.29) is 5.75 Å². The Labute approximate surface area is 161 Å². The minimum absolute atomic E-state index is 0.287. The van der Waals surface area contributed by atoms with Crippen molar-refractivity contribution in [3.63, 3.8) is 0 Å². The second-order valence-corrected chi connectivity index (χ2v) is 6.54. The van der Waals surface area contributed by atoms with E-state index in [0.29, 0.717) is 11.3 Å². The molecule has 0 aliphatic carbocycles. The fourth-order valence-corrected chi connectivity index (χ4v) is 2.16. The lowest BCUT2D eigenvalue weighted by molar-refractivity contribution is -0.166. The van der Waals surface area contributed by atoms with Crippen molar-refractivity contribution in [2.75, 3.05) is 5.32 Å². The number of rotatable bonds is 7. The molecule has 1 unspecified atom stereocenters. The number of hydrogen-bond donors (Lipinski definition) is 2. The summed E-state index contributed by atoms with van der Waals surface area (Å²) in [5.41, 5.74) is 4.48. The third-order valence-electron chi connectivity index (χ3n) is 3.77. The molecule has 1 atom stereocenters. The van der Waals surface area contributed by atoms with E-state index < -0.39 is 35.3 Å². The molecule has 0 heterocycles. The monoisotopic (exact) mass is 388 g/mol. The van der Waals surface area contributed by atoms with Crippen LogP contribution in [0.2, 0.25) is 0 Å². The largest absolute Gasteiger partial charge is 0.476 e. The smallest absolute Gasteiger partial charge is 0.350 e. The van der Waals surface area contributed by atoms with Crippen LogP contribution in [0.1, 0.15) is 31.1 Å². The normalized spacial score (nSPS) is 12.0. The molecule has 8 heteroatoms. The Bertz CT molecular complexity index is 863. The van der Waals surface area contributed by atoms with E-state index in [1.165, 1.54) is 69.3 Å². The Hall–Kier alpha value is -3.42. The van der Waals surface area contributed by atoms with Crippen LogP contribution in [0.3, 0.4) is 0 Å². The molecular formula is C20H21FN2O5. The molecule has 0 aromatic heterocycles. The first kappa shape index (κ1) is 20.9. The number of esters is 1. The summed E-state index contributed by atoms with van der Waals surface area (Å²) in [4.78, 5) is 35.6. The van der Waals surface area contributed by atoms with Crippen molar-refractivity contribution in [2.24, 2.45) is 5.73 Å². The molecule has 2 aromatic rings. The van der Waals surface area contributed by atoms with Crippen molar-refractivity contribution in [3.8, 4) is 5.75 Å². The Kier molecular flexibility index (Phi) is 6.35. The average Bonchev–Trinajstić information content (AvgIpc) is 2.63. The van der Waals surface area contributed by atoms with Crippen molar-refractivity contribution in [2.45, 2.75) is 32.5 Å². The number of nitrogens with one attached hydrogen (secondary N) is 1. The topological polar surface area (TPSA) is 108 Å². The van der Waals surface area contributed by atoms with Gasteiger partial charge < -0.3 is 20.5 Å². The number of benzene rings is 2. The zero-order valence-corrected chi connectivity index (χ0v) is 15.7. The average molecular weight is 388 g/mol. The van der Waals surface area contributed by atoms with Gasteiger partial charge in [0, 0.05) is 11.3 Å². The zero-order valence-electron chi connectivity index (χ0n) is 15.7. The fourth-order valence-electron chi connectivity index (χ4n) is 2.16. The van der Waals surface area contributed by atoms with Gasteiger partial charge in [-0.3, -0.25) is 9.59 Å². The van der Waals surface area contributed by atoms with Crippen molar-refractivity contribution in [1.29, 1.82) is 0 Å². The lowest BCUT2D eigenvalue weighted by atomic mass is 10.1. The van der Waals surface area contributed by atoms with Gasteiger partial charge in [-0.05, 0) is 69.3 Å². The van der Waals surface area contributed by atoms with Crippen LogP contribution in [0.25, 0.3) is 0 Å². The van der Waals surface area contributed by atoms with E-state index >= 15 is 0 Å². The van der Waals surface area contributed by atoms with Crippen LogP contribution in [0, 0.1) is 5.82 Å². The molecule has 2 aromatic carbocycles. The fraction of sp³-hybridized carbons (Fsp3) is 0.250. The number of primary amides is 1. The van der Waals surface area contributed by atoms with Crippen molar-refractivity contribution < 1.29 is 28.2 Å². The van der Waals surface area contributed by atoms with Gasteiger partial charge in [0.15, 0.2) is 11.7 Å². The molecule has 0 aliphatic rings. The number of carbonyl (C=O) groups is 3. The summed E-state index contributed by atoms with van der Waals surface area (Å²) >= 11 is 0. The van der Waals surface area contributed by atoms with Crippen LogP contribution >= 0.6 is 0 Å². The van der Waals surface area contributed by atoms with Gasteiger partial charge in [-0.25, -0.2) is 9.18 Å². The van der Waals surface area contributed by atoms with Gasteiger partial charge in [0.2, 0.25) is 5.91 Å². The third kappa shape index (κ3) is 5.54. The number of nitrogens with two attached hydrogens (primary N) is 1. The molecular weight excluding hydrogens is 367 g/mol. The Morgan fingerprint density at radius 3 is 2.14 bits per heavy atom. The van der Waals surface area contributed by atoms with Crippen LogP contribution in [-0.4, -0.2) is 29.5 Å². The van der Waals surface area contributed by atoms with Crippen LogP contribution in [0.15, 0.2) is 48.5 Å². The van der Waals surface area contributed by atoms with E-state index in [4.69, 9.17) is 15.2 Å². The summed E-state index contributed by atoms with van der Waals surface area (Å²) < 4.78 is 23.7. The maximum atomic E-state index is 13.0. The van der Waals surface area contributed by atoms with Gasteiger partial charge in [0.05, 0.1) is 0 Å². The molecule has 28 heavy (non-hydrogen) atoms. The summed E-state index contributed by atoms with van der Waals surface area (Å²) in [6.07, 6.45) is -1.10. The van der Waals surface area contributed by atoms with Crippen LogP contribution < -0.4 is 15.8 Å². The summed E-state index contributed by atoms with van der Waals surface area (Å²) in [6, 6.07) is 11.1. The first-order valence-electron chi connectivity index (χ1n) is 8.45. The summed E-state index contributed by atoms with van der Waals surface area (Å²) in [5.74, 6) is -2.04. The minimum atomic E-state index is -1.39. The maximum absolute atomic E-state index is 13.0. The van der Waals surface area contributed by atoms with E-state index in [1.807, 2.05) is 0 Å². The Morgan fingerprint density at radius 2 is 1.61 bits per heavy atom. The van der Waals surface area contributed by atoms with Gasteiger partial charge >= 0.3 is 5.97 Å². The van der Waals surface area contributed by atoms with Crippen molar-refractivity contribution in [1.82, 2.24) is 0 Å².